The van der Waals surface area contributed by atoms with E-state index in [4.69, 9.17) is 9.47 Å². The second-order valence-electron chi connectivity index (χ2n) is 6.38. The third-order valence-corrected chi connectivity index (χ3v) is 4.08. The highest BCUT2D eigenvalue weighted by atomic mass is 127. The van der Waals surface area contributed by atoms with Gasteiger partial charge in [0.1, 0.15) is 11.5 Å². The molecular formula is C23H28IN5O2. The molecule has 164 valence electrons. The molecule has 0 aliphatic carbocycles. The van der Waals surface area contributed by atoms with Crippen LogP contribution in [0.25, 0.3) is 0 Å². The molecule has 0 saturated heterocycles. The zero-order valence-corrected chi connectivity index (χ0v) is 20.1. The standard InChI is InChI=1S/C23H27N5O2.HI/c1-3-24-23(28-17-19-7-5-6-13-25-19)27-16-18-12-14-26-22(15-18)30-21-10-8-20(9-11-21)29-4-2;/h5-15H,3-4,16-17H2,1-2H3,(H2,24,27,28);1H. The van der Waals surface area contributed by atoms with Crippen molar-refractivity contribution in [3.63, 3.8) is 0 Å². The van der Waals surface area contributed by atoms with E-state index in [-0.39, 0.29) is 24.0 Å². The number of hydrogen-bond acceptors (Lipinski definition) is 5. The van der Waals surface area contributed by atoms with Crippen molar-refractivity contribution in [2.24, 2.45) is 4.99 Å². The van der Waals surface area contributed by atoms with Gasteiger partial charge in [-0.15, -0.1) is 24.0 Å². The maximum Gasteiger partial charge on any atom is 0.219 e. The predicted molar refractivity (Wildman–Crippen MR) is 133 cm³/mol. The molecule has 0 aliphatic rings. The third kappa shape index (κ3) is 8.41. The second kappa shape index (κ2) is 13.4. The summed E-state index contributed by atoms with van der Waals surface area (Å²) in [7, 11) is 0. The molecule has 3 aromatic rings. The minimum Gasteiger partial charge on any atom is -0.494 e. The summed E-state index contributed by atoms with van der Waals surface area (Å²) in [6.07, 6.45) is 3.51. The zero-order chi connectivity index (χ0) is 21.0. The fourth-order valence-electron chi connectivity index (χ4n) is 2.69. The summed E-state index contributed by atoms with van der Waals surface area (Å²) in [5.74, 6) is 2.78. The number of benzene rings is 1. The van der Waals surface area contributed by atoms with Crippen LogP contribution < -0.4 is 20.1 Å². The van der Waals surface area contributed by atoms with Crippen LogP contribution in [-0.2, 0) is 13.1 Å². The van der Waals surface area contributed by atoms with Crippen molar-refractivity contribution < 1.29 is 9.47 Å². The summed E-state index contributed by atoms with van der Waals surface area (Å²) in [5, 5.41) is 6.54. The van der Waals surface area contributed by atoms with Crippen molar-refractivity contribution in [3.05, 3.63) is 78.2 Å². The number of pyridine rings is 2. The number of ether oxygens (including phenoxy) is 2. The number of aliphatic imine (C=N–C) groups is 1. The Kier molecular flexibility index (Phi) is 10.6. The van der Waals surface area contributed by atoms with E-state index in [1.165, 1.54) is 0 Å². The van der Waals surface area contributed by atoms with Crippen LogP contribution in [-0.4, -0.2) is 29.1 Å². The van der Waals surface area contributed by atoms with Gasteiger partial charge >= 0.3 is 0 Å². The Bertz CT molecular complexity index is 936. The van der Waals surface area contributed by atoms with Crippen LogP contribution in [0.4, 0.5) is 0 Å². The molecule has 31 heavy (non-hydrogen) atoms. The summed E-state index contributed by atoms with van der Waals surface area (Å²) in [4.78, 5) is 13.3. The van der Waals surface area contributed by atoms with E-state index in [2.05, 4.69) is 25.6 Å². The Balaban J connectivity index is 0.00000341. The average Bonchev–Trinajstić information content (AvgIpc) is 2.78. The second-order valence-corrected chi connectivity index (χ2v) is 6.38. The molecule has 0 amide bonds. The third-order valence-electron chi connectivity index (χ3n) is 4.08. The highest BCUT2D eigenvalue weighted by Crippen LogP contribution is 2.23. The van der Waals surface area contributed by atoms with Gasteiger partial charge in [-0.05, 0) is 61.9 Å². The molecule has 0 saturated carbocycles. The Morgan fingerprint density at radius 3 is 2.45 bits per heavy atom. The molecular weight excluding hydrogens is 505 g/mol. The first-order chi connectivity index (χ1) is 14.8. The maximum absolute atomic E-state index is 5.86. The summed E-state index contributed by atoms with van der Waals surface area (Å²) in [5.41, 5.74) is 1.96. The lowest BCUT2D eigenvalue weighted by molar-refractivity contribution is 0.339. The van der Waals surface area contributed by atoms with Crippen LogP contribution in [0.3, 0.4) is 0 Å². The van der Waals surface area contributed by atoms with E-state index in [0.717, 1.165) is 29.5 Å². The molecule has 0 bridgehead atoms. The highest BCUT2D eigenvalue weighted by Gasteiger charge is 2.03. The molecule has 2 heterocycles. The van der Waals surface area contributed by atoms with Crippen LogP contribution in [0.15, 0.2) is 72.0 Å². The fraction of sp³-hybridized carbons (Fsp3) is 0.261. The first-order valence-electron chi connectivity index (χ1n) is 10.0. The molecule has 0 spiro atoms. The van der Waals surface area contributed by atoms with E-state index in [0.29, 0.717) is 31.3 Å². The lowest BCUT2D eigenvalue weighted by Crippen LogP contribution is -2.37. The van der Waals surface area contributed by atoms with Crippen molar-refractivity contribution in [1.29, 1.82) is 0 Å². The van der Waals surface area contributed by atoms with Gasteiger partial charge in [0.25, 0.3) is 0 Å². The van der Waals surface area contributed by atoms with Gasteiger partial charge in [-0.1, -0.05) is 6.07 Å². The van der Waals surface area contributed by atoms with E-state index in [1.807, 2.05) is 68.4 Å². The van der Waals surface area contributed by atoms with Gasteiger partial charge in [-0.2, -0.15) is 0 Å². The largest absolute Gasteiger partial charge is 0.494 e. The molecule has 0 radical (unpaired) electrons. The van der Waals surface area contributed by atoms with Crippen molar-refractivity contribution >= 4 is 29.9 Å². The lowest BCUT2D eigenvalue weighted by Gasteiger charge is -2.11. The van der Waals surface area contributed by atoms with E-state index < -0.39 is 0 Å². The summed E-state index contributed by atoms with van der Waals surface area (Å²) < 4.78 is 11.3. The van der Waals surface area contributed by atoms with E-state index >= 15 is 0 Å². The maximum atomic E-state index is 5.86. The molecule has 8 heteroatoms. The Morgan fingerprint density at radius 1 is 0.935 bits per heavy atom. The average molecular weight is 533 g/mol. The van der Waals surface area contributed by atoms with Gasteiger partial charge in [0.2, 0.25) is 5.88 Å². The topological polar surface area (TPSA) is 80.7 Å². The number of halogens is 1. The molecule has 1 aromatic carbocycles. The molecule has 0 unspecified atom stereocenters. The zero-order valence-electron chi connectivity index (χ0n) is 17.7. The molecule has 3 rings (SSSR count). The van der Waals surface area contributed by atoms with Gasteiger partial charge in [-0.25, -0.2) is 9.98 Å². The fourth-order valence-corrected chi connectivity index (χ4v) is 2.69. The minimum absolute atomic E-state index is 0. The van der Waals surface area contributed by atoms with Gasteiger partial charge in [0.15, 0.2) is 5.96 Å². The number of hydrogen-bond donors (Lipinski definition) is 2. The minimum atomic E-state index is 0. The molecule has 0 atom stereocenters. The Morgan fingerprint density at radius 2 is 1.74 bits per heavy atom. The van der Waals surface area contributed by atoms with E-state index in [1.54, 1.807) is 12.4 Å². The Hall–Kier alpha value is -2.88. The number of rotatable bonds is 9. The summed E-state index contributed by atoms with van der Waals surface area (Å²) >= 11 is 0. The van der Waals surface area contributed by atoms with Crippen LogP contribution in [0.2, 0.25) is 0 Å². The molecule has 0 fully saturated rings. The normalized spacial score (nSPS) is 10.7. The van der Waals surface area contributed by atoms with Crippen molar-refractivity contribution in [1.82, 2.24) is 20.6 Å². The van der Waals surface area contributed by atoms with Gasteiger partial charge in [0, 0.05) is 25.0 Å². The smallest absolute Gasteiger partial charge is 0.219 e. The monoisotopic (exact) mass is 533 g/mol. The predicted octanol–water partition coefficient (Wildman–Crippen LogP) is 4.54. The van der Waals surface area contributed by atoms with Gasteiger partial charge in [0.05, 0.1) is 25.4 Å². The van der Waals surface area contributed by atoms with Crippen LogP contribution in [0.1, 0.15) is 25.1 Å². The number of nitrogens with zero attached hydrogens (tertiary/aromatic N) is 3. The first-order valence-corrected chi connectivity index (χ1v) is 10.0. The number of nitrogens with one attached hydrogen (secondary N) is 2. The molecule has 7 nitrogen and oxygen atoms in total. The van der Waals surface area contributed by atoms with Crippen molar-refractivity contribution in [3.8, 4) is 17.4 Å². The van der Waals surface area contributed by atoms with Gasteiger partial charge in [-0.3, -0.25) is 4.98 Å². The molecule has 2 aromatic heterocycles. The quantitative estimate of drug-likeness (QED) is 0.239. The first kappa shape index (κ1) is 24.4. The SMILES string of the molecule is CCNC(=NCc1ccnc(Oc2ccc(OCC)cc2)c1)NCc1ccccn1.I. The van der Waals surface area contributed by atoms with Crippen LogP contribution >= 0.6 is 24.0 Å². The molecule has 0 aliphatic heterocycles. The number of guanidine groups is 1. The number of aromatic nitrogens is 2. The van der Waals surface area contributed by atoms with Crippen LogP contribution in [0, 0.1) is 0 Å². The summed E-state index contributed by atoms with van der Waals surface area (Å²) in [6, 6.07) is 17.1. The van der Waals surface area contributed by atoms with Gasteiger partial charge < -0.3 is 20.1 Å². The van der Waals surface area contributed by atoms with Crippen LogP contribution in [0.5, 0.6) is 17.4 Å². The Labute approximate surface area is 200 Å². The van der Waals surface area contributed by atoms with Crippen molar-refractivity contribution in [2.75, 3.05) is 13.2 Å². The molecule has 2 N–H and O–H groups in total. The van der Waals surface area contributed by atoms with E-state index in [9.17, 15) is 0 Å². The lowest BCUT2D eigenvalue weighted by atomic mass is 10.2. The summed E-state index contributed by atoms with van der Waals surface area (Å²) in [6.45, 7) is 6.51. The highest BCUT2D eigenvalue weighted by molar-refractivity contribution is 14.0. The van der Waals surface area contributed by atoms with Crippen molar-refractivity contribution in [2.45, 2.75) is 26.9 Å².